The molecule has 4 rings (SSSR count). The van der Waals surface area contributed by atoms with Crippen molar-refractivity contribution < 1.29 is 0 Å². The maximum absolute atomic E-state index is 12.8. The topological polar surface area (TPSA) is 48.9 Å². The molecule has 2 aromatic carbocycles. The largest absolute Gasteiger partial charge is 0.335 e. The van der Waals surface area contributed by atoms with Crippen LogP contribution >= 0.6 is 11.6 Å². The Morgan fingerprint density at radius 1 is 0.880 bits per heavy atom. The summed E-state index contributed by atoms with van der Waals surface area (Å²) in [6.07, 6.45) is 1.76. The third-order valence-electron chi connectivity index (χ3n) is 4.22. The van der Waals surface area contributed by atoms with Gasteiger partial charge < -0.3 is 4.57 Å². The molecule has 0 aliphatic heterocycles. The molecule has 5 nitrogen and oxygen atoms in total. The maximum atomic E-state index is 12.8. The summed E-state index contributed by atoms with van der Waals surface area (Å²) in [6.45, 7) is 0. The van der Waals surface area contributed by atoms with Gasteiger partial charge in [-0.2, -0.15) is 0 Å². The molecule has 0 aliphatic rings. The number of para-hydroxylation sites is 2. The van der Waals surface area contributed by atoms with Gasteiger partial charge in [-0.25, -0.2) is 4.79 Å². The van der Waals surface area contributed by atoms with Crippen LogP contribution in [0.15, 0.2) is 76.4 Å². The zero-order valence-electron chi connectivity index (χ0n) is 13.4. The van der Waals surface area contributed by atoms with Crippen molar-refractivity contribution in [3.05, 3.63) is 92.7 Å². The average molecular weight is 352 g/mol. The summed E-state index contributed by atoms with van der Waals surface area (Å²) in [5.74, 6) is 0. The summed E-state index contributed by atoms with van der Waals surface area (Å²) in [5, 5.41) is 0.527. The summed E-state index contributed by atoms with van der Waals surface area (Å²) < 4.78 is 4.37. The highest BCUT2D eigenvalue weighted by molar-refractivity contribution is 6.32. The van der Waals surface area contributed by atoms with Gasteiger partial charge in [0.1, 0.15) is 5.52 Å². The van der Waals surface area contributed by atoms with Crippen LogP contribution in [0.25, 0.3) is 22.4 Å². The lowest BCUT2D eigenvalue weighted by Crippen LogP contribution is -2.37. The van der Waals surface area contributed by atoms with Crippen LogP contribution in [0.3, 0.4) is 0 Å². The van der Waals surface area contributed by atoms with E-state index in [-0.39, 0.29) is 11.2 Å². The highest BCUT2D eigenvalue weighted by Crippen LogP contribution is 2.24. The fourth-order valence-corrected chi connectivity index (χ4v) is 3.22. The van der Waals surface area contributed by atoms with Crippen LogP contribution in [0.4, 0.5) is 0 Å². The van der Waals surface area contributed by atoms with Gasteiger partial charge in [-0.3, -0.25) is 13.9 Å². The van der Waals surface area contributed by atoms with Crippen molar-refractivity contribution in [2.75, 3.05) is 0 Å². The molecule has 4 aromatic rings. The molecule has 2 aromatic heterocycles. The van der Waals surface area contributed by atoms with Crippen molar-refractivity contribution in [3.63, 3.8) is 0 Å². The van der Waals surface area contributed by atoms with Crippen molar-refractivity contribution in [2.24, 2.45) is 7.05 Å². The standard InChI is InChI=1S/C19H14ClN3O2/c1-21-18(24)17-16(23(19(21)25)13-7-3-2-4-8-13)11-12-22(17)15-10-6-5-9-14(15)20/h2-12H,1H3. The summed E-state index contributed by atoms with van der Waals surface area (Å²) >= 11 is 6.30. The predicted molar refractivity (Wildman–Crippen MR) is 99.1 cm³/mol. The molecule has 25 heavy (non-hydrogen) atoms. The summed E-state index contributed by atoms with van der Waals surface area (Å²) in [6, 6.07) is 18.3. The molecule has 0 unspecified atom stereocenters. The zero-order chi connectivity index (χ0) is 17.6. The van der Waals surface area contributed by atoms with Gasteiger partial charge in [0.2, 0.25) is 0 Å². The first-order valence-corrected chi connectivity index (χ1v) is 8.11. The lowest BCUT2D eigenvalue weighted by Gasteiger charge is -2.12. The lowest BCUT2D eigenvalue weighted by molar-refractivity contribution is 0.749. The molecule has 0 bridgehead atoms. The van der Waals surface area contributed by atoms with E-state index in [2.05, 4.69) is 0 Å². The number of halogens is 1. The monoisotopic (exact) mass is 351 g/mol. The number of aromatic nitrogens is 3. The van der Waals surface area contributed by atoms with E-state index < -0.39 is 0 Å². The van der Waals surface area contributed by atoms with Crippen LogP contribution in [-0.2, 0) is 7.05 Å². The van der Waals surface area contributed by atoms with Gasteiger partial charge in [0.25, 0.3) is 5.56 Å². The molecule has 0 spiro atoms. The van der Waals surface area contributed by atoms with Gasteiger partial charge in [-0.1, -0.05) is 41.9 Å². The van der Waals surface area contributed by atoms with Crippen LogP contribution in [0.5, 0.6) is 0 Å². The molecule has 0 amide bonds. The first kappa shape index (κ1) is 15.5. The number of fused-ring (bicyclic) bond motifs is 1. The van der Waals surface area contributed by atoms with Crippen LogP contribution in [0.1, 0.15) is 0 Å². The molecule has 2 heterocycles. The predicted octanol–water partition coefficient (Wildman–Crippen LogP) is 3.13. The summed E-state index contributed by atoms with van der Waals surface area (Å²) in [7, 11) is 1.48. The number of rotatable bonds is 2. The minimum absolute atomic E-state index is 0.364. The highest BCUT2D eigenvalue weighted by Gasteiger charge is 2.17. The second-order valence-electron chi connectivity index (χ2n) is 5.69. The molecule has 0 N–H and O–H groups in total. The van der Waals surface area contributed by atoms with E-state index in [0.29, 0.717) is 27.4 Å². The van der Waals surface area contributed by atoms with Gasteiger partial charge in [0.15, 0.2) is 0 Å². The van der Waals surface area contributed by atoms with E-state index in [1.54, 1.807) is 22.9 Å². The first-order chi connectivity index (χ1) is 12.1. The zero-order valence-corrected chi connectivity index (χ0v) is 14.1. The van der Waals surface area contributed by atoms with Crippen LogP contribution < -0.4 is 11.2 Å². The van der Waals surface area contributed by atoms with Gasteiger partial charge in [-0.05, 0) is 30.3 Å². The van der Waals surface area contributed by atoms with E-state index in [4.69, 9.17) is 11.6 Å². The molecule has 0 fully saturated rings. The quantitative estimate of drug-likeness (QED) is 0.557. The second-order valence-corrected chi connectivity index (χ2v) is 6.10. The Balaban J connectivity index is 2.16. The fourth-order valence-electron chi connectivity index (χ4n) is 2.99. The second kappa shape index (κ2) is 5.79. The Morgan fingerprint density at radius 2 is 1.56 bits per heavy atom. The van der Waals surface area contributed by atoms with E-state index in [9.17, 15) is 9.59 Å². The molecular weight excluding hydrogens is 338 g/mol. The average Bonchev–Trinajstić information content (AvgIpc) is 3.06. The number of hydrogen-bond donors (Lipinski definition) is 0. The Labute approximate surface area is 147 Å². The van der Waals surface area contributed by atoms with Crippen molar-refractivity contribution in [1.82, 2.24) is 13.7 Å². The molecule has 0 atom stereocenters. The SMILES string of the molecule is Cn1c(=O)c2c(ccn2-c2ccccc2Cl)n(-c2ccccc2)c1=O. The van der Waals surface area contributed by atoms with Gasteiger partial charge in [0.05, 0.1) is 21.9 Å². The Bertz CT molecular complexity index is 1200. The maximum Gasteiger partial charge on any atom is 0.335 e. The number of nitrogens with zero attached hydrogens (tertiary/aromatic N) is 3. The Morgan fingerprint density at radius 3 is 2.28 bits per heavy atom. The summed E-state index contributed by atoms with van der Waals surface area (Å²) in [5.41, 5.74) is 1.58. The van der Waals surface area contributed by atoms with Gasteiger partial charge >= 0.3 is 5.69 Å². The normalized spacial score (nSPS) is 11.1. The van der Waals surface area contributed by atoms with Crippen LogP contribution in [0, 0.1) is 0 Å². The molecule has 0 aliphatic carbocycles. The highest BCUT2D eigenvalue weighted by atomic mass is 35.5. The molecule has 0 saturated carbocycles. The third kappa shape index (κ3) is 2.32. The number of hydrogen-bond acceptors (Lipinski definition) is 2. The van der Waals surface area contributed by atoms with Crippen LogP contribution in [0.2, 0.25) is 5.02 Å². The molecule has 0 saturated heterocycles. The smallest absolute Gasteiger partial charge is 0.309 e. The third-order valence-corrected chi connectivity index (χ3v) is 4.54. The molecule has 6 heteroatoms. The summed E-state index contributed by atoms with van der Waals surface area (Å²) in [4.78, 5) is 25.5. The van der Waals surface area contributed by atoms with E-state index in [1.165, 1.54) is 11.6 Å². The molecular formula is C19H14ClN3O2. The van der Waals surface area contributed by atoms with Crippen molar-refractivity contribution >= 4 is 22.6 Å². The Kier molecular flexibility index (Phi) is 3.58. The van der Waals surface area contributed by atoms with Gasteiger partial charge in [0, 0.05) is 13.2 Å². The van der Waals surface area contributed by atoms with Crippen molar-refractivity contribution in [1.29, 1.82) is 0 Å². The molecule has 0 radical (unpaired) electrons. The van der Waals surface area contributed by atoms with E-state index in [1.807, 2.05) is 48.5 Å². The van der Waals surface area contributed by atoms with Crippen molar-refractivity contribution in [3.8, 4) is 11.4 Å². The Hall–Kier alpha value is -3.05. The molecule has 124 valence electrons. The van der Waals surface area contributed by atoms with Gasteiger partial charge in [-0.15, -0.1) is 0 Å². The minimum atomic E-state index is -0.388. The van der Waals surface area contributed by atoms with E-state index >= 15 is 0 Å². The number of benzene rings is 2. The lowest BCUT2D eigenvalue weighted by atomic mass is 10.3. The first-order valence-electron chi connectivity index (χ1n) is 7.73. The van der Waals surface area contributed by atoms with E-state index in [0.717, 1.165) is 4.57 Å². The van der Waals surface area contributed by atoms with Crippen LogP contribution in [-0.4, -0.2) is 13.7 Å². The van der Waals surface area contributed by atoms with Crippen molar-refractivity contribution in [2.45, 2.75) is 0 Å². The minimum Gasteiger partial charge on any atom is -0.309 e. The fraction of sp³-hybridized carbons (Fsp3) is 0.0526.